The summed E-state index contributed by atoms with van der Waals surface area (Å²) in [5.41, 5.74) is 2.87. The lowest BCUT2D eigenvalue weighted by molar-refractivity contribution is 0.0742. The predicted octanol–water partition coefficient (Wildman–Crippen LogP) is 5.17. The van der Waals surface area contributed by atoms with Gasteiger partial charge in [0.25, 0.3) is 5.91 Å². The average Bonchev–Trinajstić information content (AvgIpc) is 2.78. The predicted molar refractivity (Wildman–Crippen MR) is 119 cm³/mol. The van der Waals surface area contributed by atoms with Gasteiger partial charge in [-0.1, -0.05) is 30.3 Å². The molecule has 0 aliphatic heterocycles. The van der Waals surface area contributed by atoms with E-state index in [9.17, 15) is 9.59 Å². The summed E-state index contributed by atoms with van der Waals surface area (Å²) in [5, 5.41) is 5.51. The first-order chi connectivity index (χ1) is 14.5. The minimum Gasteiger partial charge on any atom is -0.497 e. The third-order valence-corrected chi connectivity index (χ3v) is 4.92. The van der Waals surface area contributed by atoms with Crippen LogP contribution in [-0.4, -0.2) is 31.0 Å². The summed E-state index contributed by atoms with van der Waals surface area (Å²) >= 11 is 0. The summed E-state index contributed by atoms with van der Waals surface area (Å²) in [6, 6.07) is 23.2. The van der Waals surface area contributed by atoms with Crippen LogP contribution >= 0.6 is 0 Å². The first-order valence-electron chi connectivity index (χ1n) is 9.62. The Kier molecular flexibility index (Phi) is 6.70. The molecule has 30 heavy (non-hydrogen) atoms. The molecule has 2 N–H and O–H groups in total. The van der Waals surface area contributed by atoms with Gasteiger partial charge in [0.15, 0.2) is 0 Å². The molecule has 0 bridgehead atoms. The van der Waals surface area contributed by atoms with Crippen LogP contribution in [0, 0.1) is 0 Å². The molecule has 0 radical (unpaired) electrons. The highest BCUT2D eigenvalue weighted by Gasteiger charge is 2.19. The largest absolute Gasteiger partial charge is 0.497 e. The smallest absolute Gasteiger partial charge is 0.323 e. The van der Waals surface area contributed by atoms with Gasteiger partial charge in [-0.3, -0.25) is 4.79 Å². The highest BCUT2D eigenvalue weighted by atomic mass is 16.5. The van der Waals surface area contributed by atoms with E-state index in [1.165, 1.54) is 0 Å². The minimum atomic E-state index is -0.342. The maximum absolute atomic E-state index is 12.9. The van der Waals surface area contributed by atoms with Crippen molar-refractivity contribution in [1.82, 2.24) is 4.90 Å². The zero-order valence-electron chi connectivity index (χ0n) is 17.3. The molecule has 6 nitrogen and oxygen atoms in total. The summed E-state index contributed by atoms with van der Waals surface area (Å²) in [6.45, 7) is 1.98. The molecule has 0 aliphatic carbocycles. The Labute approximate surface area is 176 Å². The van der Waals surface area contributed by atoms with Crippen molar-refractivity contribution in [3.05, 3.63) is 90.0 Å². The average molecular weight is 403 g/mol. The van der Waals surface area contributed by atoms with Gasteiger partial charge in [0.2, 0.25) is 0 Å². The number of amides is 3. The van der Waals surface area contributed by atoms with Crippen molar-refractivity contribution in [2.24, 2.45) is 0 Å². The molecule has 0 aromatic heterocycles. The second-order valence-electron chi connectivity index (χ2n) is 6.89. The second kappa shape index (κ2) is 9.60. The van der Waals surface area contributed by atoms with E-state index in [0.29, 0.717) is 16.9 Å². The van der Waals surface area contributed by atoms with Gasteiger partial charge < -0.3 is 20.3 Å². The summed E-state index contributed by atoms with van der Waals surface area (Å²) in [7, 11) is 3.40. The van der Waals surface area contributed by atoms with Crippen LogP contribution < -0.4 is 15.4 Å². The van der Waals surface area contributed by atoms with E-state index in [1.54, 1.807) is 55.5 Å². The molecule has 0 aliphatic rings. The number of urea groups is 1. The van der Waals surface area contributed by atoms with E-state index in [4.69, 9.17) is 4.74 Å². The van der Waals surface area contributed by atoms with E-state index in [1.807, 2.05) is 49.4 Å². The van der Waals surface area contributed by atoms with E-state index >= 15 is 0 Å². The first kappa shape index (κ1) is 20.9. The number of nitrogens with zero attached hydrogens (tertiary/aromatic N) is 1. The van der Waals surface area contributed by atoms with Crippen LogP contribution in [0.3, 0.4) is 0 Å². The lowest BCUT2D eigenvalue weighted by Crippen LogP contribution is -2.29. The fraction of sp³-hybridized carbons (Fsp3) is 0.167. The second-order valence-corrected chi connectivity index (χ2v) is 6.89. The molecular formula is C24H25N3O3. The van der Waals surface area contributed by atoms with Crippen LogP contribution in [-0.2, 0) is 0 Å². The van der Waals surface area contributed by atoms with Gasteiger partial charge in [0.05, 0.1) is 13.2 Å². The summed E-state index contributed by atoms with van der Waals surface area (Å²) in [4.78, 5) is 26.6. The Balaban J connectivity index is 1.61. The van der Waals surface area contributed by atoms with Gasteiger partial charge in [-0.05, 0) is 61.0 Å². The summed E-state index contributed by atoms with van der Waals surface area (Å²) in [6.07, 6.45) is 0. The summed E-state index contributed by atoms with van der Waals surface area (Å²) in [5.74, 6) is 0.679. The molecule has 3 rings (SSSR count). The van der Waals surface area contributed by atoms with Gasteiger partial charge in [0, 0.05) is 24.0 Å². The maximum Gasteiger partial charge on any atom is 0.323 e. The number of para-hydroxylation sites is 1. The molecule has 0 saturated heterocycles. The third-order valence-electron chi connectivity index (χ3n) is 4.92. The molecule has 1 atom stereocenters. The Bertz CT molecular complexity index is 986. The van der Waals surface area contributed by atoms with Gasteiger partial charge >= 0.3 is 6.03 Å². The third kappa shape index (κ3) is 5.17. The van der Waals surface area contributed by atoms with Gasteiger partial charge in [-0.25, -0.2) is 4.79 Å². The lowest BCUT2D eigenvalue weighted by Gasteiger charge is -2.25. The van der Waals surface area contributed by atoms with Crippen LogP contribution in [0.1, 0.15) is 28.9 Å². The topological polar surface area (TPSA) is 70.7 Å². The molecule has 3 aromatic rings. The quantitative estimate of drug-likeness (QED) is 0.596. The monoisotopic (exact) mass is 403 g/mol. The number of carbonyl (C=O) groups excluding carboxylic acids is 2. The molecule has 154 valence electrons. The number of rotatable bonds is 6. The Morgan fingerprint density at radius 1 is 0.833 bits per heavy atom. The van der Waals surface area contributed by atoms with Crippen LogP contribution in [0.15, 0.2) is 78.9 Å². The Hall–Kier alpha value is -3.80. The van der Waals surface area contributed by atoms with Crippen molar-refractivity contribution >= 4 is 23.3 Å². The fourth-order valence-corrected chi connectivity index (χ4v) is 3.00. The number of anilines is 2. The van der Waals surface area contributed by atoms with E-state index < -0.39 is 0 Å². The standard InChI is InChI=1S/C24H25N3O3/c1-17(18-11-15-22(30-3)16-12-18)27(2)23(28)19-9-13-21(14-10-19)26-24(29)25-20-7-5-4-6-8-20/h4-17H,1-3H3,(H2,25,26,29). The van der Waals surface area contributed by atoms with Crippen molar-refractivity contribution in [1.29, 1.82) is 0 Å². The highest BCUT2D eigenvalue weighted by Crippen LogP contribution is 2.23. The van der Waals surface area contributed by atoms with Crippen molar-refractivity contribution < 1.29 is 14.3 Å². The fourth-order valence-electron chi connectivity index (χ4n) is 3.00. The van der Waals surface area contributed by atoms with Crippen LogP contribution in [0.25, 0.3) is 0 Å². The minimum absolute atomic E-state index is 0.0985. The molecule has 0 heterocycles. The molecule has 1 unspecified atom stereocenters. The molecule has 0 spiro atoms. The molecule has 3 amide bonds. The number of hydrogen-bond acceptors (Lipinski definition) is 3. The van der Waals surface area contributed by atoms with Crippen molar-refractivity contribution in [2.45, 2.75) is 13.0 Å². The normalized spacial score (nSPS) is 11.3. The molecular weight excluding hydrogens is 378 g/mol. The number of hydrogen-bond donors (Lipinski definition) is 2. The molecule has 0 saturated carbocycles. The van der Waals surface area contributed by atoms with Crippen LogP contribution in [0.2, 0.25) is 0 Å². The van der Waals surface area contributed by atoms with E-state index in [2.05, 4.69) is 10.6 Å². The number of nitrogens with one attached hydrogen (secondary N) is 2. The van der Waals surface area contributed by atoms with Crippen molar-refractivity contribution in [3.63, 3.8) is 0 Å². The maximum atomic E-state index is 12.9. The zero-order chi connectivity index (χ0) is 21.5. The van der Waals surface area contributed by atoms with Gasteiger partial charge in [-0.2, -0.15) is 0 Å². The van der Waals surface area contributed by atoms with Gasteiger partial charge in [0.1, 0.15) is 5.75 Å². The van der Waals surface area contributed by atoms with Crippen LogP contribution in [0.4, 0.5) is 16.2 Å². The zero-order valence-corrected chi connectivity index (χ0v) is 17.3. The van der Waals surface area contributed by atoms with E-state index in [-0.39, 0.29) is 18.0 Å². The lowest BCUT2D eigenvalue weighted by atomic mass is 10.1. The van der Waals surface area contributed by atoms with Gasteiger partial charge in [-0.15, -0.1) is 0 Å². The van der Waals surface area contributed by atoms with Crippen LogP contribution in [0.5, 0.6) is 5.75 Å². The highest BCUT2D eigenvalue weighted by molar-refractivity contribution is 6.00. The van der Waals surface area contributed by atoms with Crippen molar-refractivity contribution in [2.75, 3.05) is 24.8 Å². The van der Waals surface area contributed by atoms with E-state index in [0.717, 1.165) is 11.3 Å². The Morgan fingerprint density at radius 3 is 1.97 bits per heavy atom. The Morgan fingerprint density at radius 2 is 1.40 bits per heavy atom. The SMILES string of the molecule is COc1ccc(C(C)N(C)C(=O)c2ccc(NC(=O)Nc3ccccc3)cc2)cc1. The number of methoxy groups -OCH3 is 1. The number of carbonyl (C=O) groups is 2. The molecule has 6 heteroatoms. The molecule has 0 fully saturated rings. The molecule has 3 aromatic carbocycles. The first-order valence-corrected chi connectivity index (χ1v) is 9.62. The van der Waals surface area contributed by atoms with Crippen molar-refractivity contribution in [3.8, 4) is 5.75 Å². The summed E-state index contributed by atoms with van der Waals surface area (Å²) < 4.78 is 5.18. The number of ether oxygens (including phenoxy) is 1. The number of benzene rings is 3.